The van der Waals surface area contributed by atoms with Crippen LogP contribution in [0.4, 0.5) is 0 Å². The van der Waals surface area contributed by atoms with Gasteiger partial charge in [-0.3, -0.25) is 15.1 Å². The zero-order valence-electron chi connectivity index (χ0n) is 7.69. The number of carbonyl (C=O) groups excluding carboxylic acids is 1. The molecular weight excluding hydrogens is 180 g/mol. The number of nitrogens with zero attached hydrogens (tertiary/aromatic N) is 2. The fraction of sp³-hybridized carbons (Fsp3) is 0.222. The molecule has 1 aliphatic rings. The Kier molecular flexibility index (Phi) is 1.73. The number of hydrogen-bond acceptors (Lipinski definition) is 4. The molecule has 3 N–H and O–H groups in total. The van der Waals surface area contributed by atoms with Gasteiger partial charge in [0, 0.05) is 18.0 Å². The van der Waals surface area contributed by atoms with Crippen LogP contribution >= 0.6 is 0 Å². The van der Waals surface area contributed by atoms with Gasteiger partial charge >= 0.3 is 0 Å². The maximum absolute atomic E-state index is 11.6. The van der Waals surface area contributed by atoms with Crippen molar-refractivity contribution in [3.05, 3.63) is 30.1 Å². The maximum atomic E-state index is 11.6. The average molecular weight is 190 g/mol. The third-order valence-electron chi connectivity index (χ3n) is 2.25. The Morgan fingerprint density at radius 1 is 1.57 bits per heavy atom. The van der Waals surface area contributed by atoms with Crippen molar-refractivity contribution < 1.29 is 4.79 Å². The van der Waals surface area contributed by atoms with Gasteiger partial charge < -0.3 is 5.73 Å². The first kappa shape index (κ1) is 8.68. The molecule has 0 aliphatic carbocycles. The van der Waals surface area contributed by atoms with Gasteiger partial charge in [-0.15, -0.1) is 0 Å². The van der Waals surface area contributed by atoms with Crippen molar-refractivity contribution in [1.29, 1.82) is 0 Å². The Morgan fingerprint density at radius 2 is 2.36 bits per heavy atom. The van der Waals surface area contributed by atoms with E-state index >= 15 is 0 Å². The SMILES string of the molecule is CC1(c2cccnc2)N=C(N)NC1=O. The largest absolute Gasteiger partial charge is 0.370 e. The van der Waals surface area contributed by atoms with Gasteiger partial charge in [0.15, 0.2) is 11.5 Å². The van der Waals surface area contributed by atoms with E-state index in [1.165, 1.54) is 0 Å². The van der Waals surface area contributed by atoms with Crippen LogP contribution in [0.15, 0.2) is 29.5 Å². The predicted octanol–water partition coefficient (Wildman–Crippen LogP) is -0.259. The monoisotopic (exact) mass is 190 g/mol. The van der Waals surface area contributed by atoms with Crippen molar-refractivity contribution in [2.75, 3.05) is 0 Å². The summed E-state index contributed by atoms with van der Waals surface area (Å²) in [7, 11) is 0. The zero-order valence-corrected chi connectivity index (χ0v) is 7.69. The number of nitrogens with two attached hydrogens (primary N) is 1. The third-order valence-corrected chi connectivity index (χ3v) is 2.25. The van der Waals surface area contributed by atoms with Crippen LogP contribution < -0.4 is 11.1 Å². The van der Waals surface area contributed by atoms with E-state index in [1.54, 1.807) is 31.5 Å². The highest BCUT2D eigenvalue weighted by Gasteiger charge is 2.40. The number of guanidine groups is 1. The number of pyridine rings is 1. The van der Waals surface area contributed by atoms with Gasteiger partial charge in [-0.25, -0.2) is 4.99 Å². The topological polar surface area (TPSA) is 80.4 Å². The predicted molar refractivity (Wildman–Crippen MR) is 51.4 cm³/mol. The number of aromatic nitrogens is 1. The molecule has 0 aromatic carbocycles. The van der Waals surface area contributed by atoms with Crippen LogP contribution in [0.2, 0.25) is 0 Å². The molecule has 0 fully saturated rings. The second kappa shape index (κ2) is 2.80. The first-order chi connectivity index (χ1) is 6.63. The molecule has 0 saturated carbocycles. The fourth-order valence-corrected chi connectivity index (χ4v) is 1.40. The molecule has 0 bridgehead atoms. The van der Waals surface area contributed by atoms with Crippen LogP contribution in [0.5, 0.6) is 0 Å². The number of hydrogen-bond donors (Lipinski definition) is 2. The van der Waals surface area contributed by atoms with Crippen molar-refractivity contribution in [1.82, 2.24) is 10.3 Å². The van der Waals surface area contributed by atoms with Crippen molar-refractivity contribution in [2.24, 2.45) is 10.7 Å². The van der Waals surface area contributed by atoms with Crippen LogP contribution in [0.1, 0.15) is 12.5 Å². The second-order valence-electron chi connectivity index (χ2n) is 3.27. The minimum atomic E-state index is -0.932. The Labute approximate surface area is 81.1 Å². The van der Waals surface area contributed by atoms with Crippen LogP contribution in [-0.2, 0) is 10.3 Å². The average Bonchev–Trinajstić information content (AvgIpc) is 2.43. The van der Waals surface area contributed by atoms with Gasteiger partial charge in [0.25, 0.3) is 5.91 Å². The standard InChI is InChI=1S/C9H10N4O/c1-9(6-3-2-4-11-5-6)7(14)12-8(10)13-9/h2-5H,1H3,(H3,10,12,13,14). The Hall–Kier alpha value is -1.91. The van der Waals surface area contributed by atoms with Gasteiger partial charge in [-0.2, -0.15) is 0 Å². The highest BCUT2D eigenvalue weighted by Crippen LogP contribution is 2.27. The Balaban J connectivity index is 2.48. The number of nitrogens with one attached hydrogen (secondary N) is 1. The molecule has 1 amide bonds. The normalized spacial score (nSPS) is 25.8. The molecule has 1 aromatic rings. The summed E-state index contributed by atoms with van der Waals surface area (Å²) >= 11 is 0. The van der Waals surface area contributed by atoms with Crippen molar-refractivity contribution in [3.8, 4) is 0 Å². The van der Waals surface area contributed by atoms with Crippen LogP contribution in [0, 0.1) is 0 Å². The summed E-state index contributed by atoms with van der Waals surface area (Å²) < 4.78 is 0. The lowest BCUT2D eigenvalue weighted by Gasteiger charge is -2.16. The molecule has 1 atom stereocenters. The van der Waals surface area contributed by atoms with Crippen LogP contribution in [-0.4, -0.2) is 16.9 Å². The summed E-state index contributed by atoms with van der Waals surface area (Å²) in [4.78, 5) is 19.6. The third kappa shape index (κ3) is 1.14. The summed E-state index contributed by atoms with van der Waals surface area (Å²) in [6.45, 7) is 1.71. The zero-order chi connectivity index (χ0) is 10.2. The molecule has 2 heterocycles. The summed E-state index contributed by atoms with van der Waals surface area (Å²) in [5.74, 6) is -0.0654. The molecule has 1 aromatic heterocycles. The first-order valence-electron chi connectivity index (χ1n) is 4.20. The maximum Gasteiger partial charge on any atom is 0.259 e. The quantitative estimate of drug-likeness (QED) is 0.640. The molecule has 2 rings (SSSR count). The minimum Gasteiger partial charge on any atom is -0.370 e. The number of amides is 1. The van der Waals surface area contributed by atoms with Crippen molar-refractivity contribution >= 4 is 11.9 Å². The van der Waals surface area contributed by atoms with E-state index in [4.69, 9.17) is 5.73 Å². The Bertz CT molecular complexity index is 401. The van der Waals surface area contributed by atoms with Crippen LogP contribution in [0.25, 0.3) is 0 Å². The number of carbonyl (C=O) groups is 1. The summed E-state index contributed by atoms with van der Waals surface area (Å²) in [5, 5.41) is 2.47. The number of rotatable bonds is 1. The molecule has 5 nitrogen and oxygen atoms in total. The molecule has 1 aliphatic heterocycles. The second-order valence-corrected chi connectivity index (χ2v) is 3.27. The van der Waals surface area contributed by atoms with Gasteiger partial charge in [-0.1, -0.05) is 6.07 Å². The lowest BCUT2D eigenvalue weighted by Crippen LogP contribution is -2.37. The van der Waals surface area contributed by atoms with E-state index in [1.807, 2.05) is 0 Å². The fourth-order valence-electron chi connectivity index (χ4n) is 1.40. The van der Waals surface area contributed by atoms with Gasteiger partial charge in [0.1, 0.15) is 0 Å². The molecule has 0 spiro atoms. The van der Waals surface area contributed by atoms with E-state index in [2.05, 4.69) is 15.3 Å². The molecule has 14 heavy (non-hydrogen) atoms. The summed E-state index contributed by atoms with van der Waals surface area (Å²) in [6, 6.07) is 3.56. The lowest BCUT2D eigenvalue weighted by molar-refractivity contribution is -0.123. The molecule has 0 saturated heterocycles. The van der Waals surface area contributed by atoms with Crippen molar-refractivity contribution in [2.45, 2.75) is 12.5 Å². The van der Waals surface area contributed by atoms with E-state index in [0.29, 0.717) is 0 Å². The van der Waals surface area contributed by atoms with Crippen molar-refractivity contribution in [3.63, 3.8) is 0 Å². The summed E-state index contributed by atoms with van der Waals surface area (Å²) in [5.41, 5.74) is 5.24. The van der Waals surface area contributed by atoms with Gasteiger partial charge in [-0.05, 0) is 13.0 Å². The van der Waals surface area contributed by atoms with Gasteiger partial charge in [0.2, 0.25) is 0 Å². The molecule has 72 valence electrons. The van der Waals surface area contributed by atoms with Crippen LogP contribution in [0.3, 0.4) is 0 Å². The van der Waals surface area contributed by atoms with E-state index < -0.39 is 5.54 Å². The Morgan fingerprint density at radius 3 is 2.86 bits per heavy atom. The van der Waals surface area contributed by atoms with E-state index in [0.717, 1.165) is 5.56 Å². The van der Waals surface area contributed by atoms with E-state index in [-0.39, 0.29) is 11.9 Å². The number of aliphatic imine (C=N–C) groups is 1. The molecular formula is C9H10N4O. The highest BCUT2D eigenvalue weighted by molar-refractivity contribution is 6.06. The molecule has 5 heteroatoms. The van der Waals surface area contributed by atoms with Gasteiger partial charge in [0.05, 0.1) is 0 Å². The highest BCUT2D eigenvalue weighted by atomic mass is 16.2. The smallest absolute Gasteiger partial charge is 0.259 e. The minimum absolute atomic E-state index is 0.154. The molecule has 1 unspecified atom stereocenters. The lowest BCUT2D eigenvalue weighted by atomic mass is 9.94. The first-order valence-corrected chi connectivity index (χ1v) is 4.20. The molecule has 0 radical (unpaired) electrons. The van der Waals surface area contributed by atoms with E-state index in [9.17, 15) is 4.79 Å². The summed E-state index contributed by atoms with van der Waals surface area (Å²) in [6.07, 6.45) is 3.26.